The summed E-state index contributed by atoms with van der Waals surface area (Å²) in [5.41, 5.74) is 2.23. The molecule has 2 atom stereocenters. The number of hydrogen-bond donors (Lipinski definition) is 2. The Hall–Kier alpha value is -0.650. The quantitative estimate of drug-likeness (QED) is 0.568. The van der Waals surface area contributed by atoms with Crippen LogP contribution in [0.1, 0.15) is 32.3 Å². The highest BCUT2D eigenvalue weighted by Gasteiger charge is 2.20. The number of anilines is 1. The van der Waals surface area contributed by atoms with Gasteiger partial charge >= 0.3 is 0 Å². The van der Waals surface area contributed by atoms with E-state index >= 15 is 0 Å². The Kier molecular flexibility index (Phi) is 7.31. The molecule has 128 valence electrons. The average Bonchev–Trinajstić information content (AvgIpc) is 2.46. The van der Waals surface area contributed by atoms with E-state index in [1.54, 1.807) is 0 Å². The third-order valence-corrected chi connectivity index (χ3v) is 5.43. The molecule has 23 heavy (non-hydrogen) atoms. The minimum Gasteiger partial charge on any atom is -0.362 e. The van der Waals surface area contributed by atoms with Gasteiger partial charge in [0.1, 0.15) is 0 Å². The Labute approximate surface area is 154 Å². The third-order valence-electron chi connectivity index (χ3n) is 4.30. The predicted molar refractivity (Wildman–Crippen MR) is 107 cm³/mol. The first-order chi connectivity index (χ1) is 10.9. The van der Waals surface area contributed by atoms with Crippen LogP contribution < -0.4 is 10.6 Å². The second kappa shape index (κ2) is 9.00. The molecule has 0 saturated carbocycles. The molecule has 0 spiro atoms. The first-order valence-electron chi connectivity index (χ1n) is 8.47. The molecule has 1 aliphatic rings. The molecule has 0 amide bonds. The molecule has 1 aliphatic heterocycles. The Bertz CT molecular complexity index is 525. The van der Waals surface area contributed by atoms with Crippen LogP contribution in [0.25, 0.3) is 0 Å². The molecule has 0 aliphatic carbocycles. The Morgan fingerprint density at radius 3 is 2.65 bits per heavy atom. The molecule has 1 heterocycles. The molecular formula is C18H28BrN3S. The van der Waals surface area contributed by atoms with E-state index in [4.69, 9.17) is 12.2 Å². The molecule has 1 aromatic carbocycles. The molecule has 0 aromatic heterocycles. The second-order valence-electron chi connectivity index (χ2n) is 6.90. The van der Waals surface area contributed by atoms with Crippen molar-refractivity contribution in [2.45, 2.75) is 33.6 Å². The Morgan fingerprint density at radius 1 is 1.30 bits per heavy atom. The number of thiocarbonyl (C=S) groups is 1. The van der Waals surface area contributed by atoms with Gasteiger partial charge in [-0.2, -0.15) is 0 Å². The highest BCUT2D eigenvalue weighted by molar-refractivity contribution is 9.10. The zero-order chi connectivity index (χ0) is 16.8. The van der Waals surface area contributed by atoms with Crippen molar-refractivity contribution in [1.82, 2.24) is 10.2 Å². The zero-order valence-corrected chi connectivity index (χ0v) is 16.8. The topological polar surface area (TPSA) is 27.3 Å². The lowest BCUT2D eigenvalue weighted by Crippen LogP contribution is -2.40. The second-order valence-corrected chi connectivity index (χ2v) is 8.17. The fourth-order valence-electron chi connectivity index (χ4n) is 3.38. The van der Waals surface area contributed by atoms with E-state index in [0.29, 0.717) is 5.11 Å². The summed E-state index contributed by atoms with van der Waals surface area (Å²) in [5.74, 6) is 1.66. The van der Waals surface area contributed by atoms with Crippen LogP contribution in [0.3, 0.4) is 0 Å². The number of nitrogens with one attached hydrogen (secondary N) is 2. The number of rotatable bonds is 5. The van der Waals surface area contributed by atoms with Crippen LogP contribution >= 0.6 is 28.1 Å². The minimum atomic E-state index is 0.701. The summed E-state index contributed by atoms with van der Waals surface area (Å²) in [6, 6.07) is 6.16. The smallest absolute Gasteiger partial charge is 0.170 e. The summed E-state index contributed by atoms with van der Waals surface area (Å²) in [6.07, 6.45) is 2.50. The lowest BCUT2D eigenvalue weighted by molar-refractivity contribution is 0.140. The number of aryl methyl sites for hydroxylation is 1. The molecule has 5 heteroatoms. The summed E-state index contributed by atoms with van der Waals surface area (Å²) < 4.78 is 1.12. The van der Waals surface area contributed by atoms with Gasteiger partial charge in [0.05, 0.1) is 0 Å². The molecule has 0 bridgehead atoms. The summed E-state index contributed by atoms with van der Waals surface area (Å²) in [6.45, 7) is 11.4. The van der Waals surface area contributed by atoms with Gasteiger partial charge in [-0.05, 0) is 74.1 Å². The van der Waals surface area contributed by atoms with Crippen LogP contribution in [-0.4, -0.2) is 36.2 Å². The minimum absolute atomic E-state index is 0.701. The number of nitrogens with zero attached hydrogens (tertiary/aromatic N) is 1. The standard InChI is InChI=1S/C18H28BrN3S/c1-13-9-14(2)12-22(11-13)8-4-7-20-18(23)21-16-5-6-17(19)15(3)10-16/h5-6,10,13-14H,4,7-9,11-12H2,1-3H3,(H2,20,21,23)/t13-,14-/m1/s1. The monoisotopic (exact) mass is 397 g/mol. The number of piperidine rings is 1. The molecule has 2 N–H and O–H groups in total. The van der Waals surface area contributed by atoms with Crippen molar-refractivity contribution in [2.75, 3.05) is 31.5 Å². The van der Waals surface area contributed by atoms with Crippen molar-refractivity contribution in [3.63, 3.8) is 0 Å². The van der Waals surface area contributed by atoms with E-state index < -0.39 is 0 Å². The van der Waals surface area contributed by atoms with Crippen molar-refractivity contribution in [3.8, 4) is 0 Å². The van der Waals surface area contributed by atoms with Gasteiger partial charge < -0.3 is 15.5 Å². The van der Waals surface area contributed by atoms with Crippen LogP contribution in [0, 0.1) is 18.8 Å². The van der Waals surface area contributed by atoms with Gasteiger partial charge in [-0.25, -0.2) is 0 Å². The normalized spacial score (nSPS) is 21.9. The first-order valence-corrected chi connectivity index (χ1v) is 9.67. The fraction of sp³-hybridized carbons (Fsp3) is 0.611. The molecule has 1 fully saturated rings. The van der Waals surface area contributed by atoms with E-state index in [9.17, 15) is 0 Å². The maximum atomic E-state index is 5.37. The maximum absolute atomic E-state index is 5.37. The SMILES string of the molecule is Cc1cc(NC(=S)NCCCN2C[C@H](C)C[C@@H](C)C2)ccc1Br. The van der Waals surface area contributed by atoms with Gasteiger partial charge in [-0.1, -0.05) is 29.8 Å². The number of hydrogen-bond acceptors (Lipinski definition) is 2. The van der Waals surface area contributed by atoms with Crippen LogP contribution in [0.5, 0.6) is 0 Å². The van der Waals surface area contributed by atoms with E-state index in [0.717, 1.165) is 41.5 Å². The molecule has 2 rings (SSSR count). The zero-order valence-electron chi connectivity index (χ0n) is 14.4. The van der Waals surface area contributed by atoms with Crippen LogP contribution in [0.15, 0.2) is 22.7 Å². The van der Waals surface area contributed by atoms with Gasteiger partial charge in [-0.3, -0.25) is 0 Å². The van der Waals surface area contributed by atoms with E-state index in [1.165, 1.54) is 25.1 Å². The van der Waals surface area contributed by atoms with Gasteiger partial charge in [0.15, 0.2) is 5.11 Å². The molecule has 0 radical (unpaired) electrons. The lowest BCUT2D eigenvalue weighted by Gasteiger charge is -2.35. The third kappa shape index (κ3) is 6.40. The number of likely N-dealkylation sites (tertiary alicyclic amines) is 1. The number of halogens is 1. The molecule has 1 saturated heterocycles. The van der Waals surface area contributed by atoms with Crippen molar-refractivity contribution in [1.29, 1.82) is 0 Å². The van der Waals surface area contributed by atoms with E-state index in [-0.39, 0.29) is 0 Å². The summed E-state index contributed by atoms with van der Waals surface area (Å²) in [4.78, 5) is 2.59. The van der Waals surface area contributed by atoms with E-state index in [1.807, 2.05) is 12.1 Å². The Balaban J connectivity index is 1.65. The van der Waals surface area contributed by atoms with Gasteiger partial charge in [-0.15, -0.1) is 0 Å². The van der Waals surface area contributed by atoms with Gasteiger partial charge in [0.2, 0.25) is 0 Å². The molecule has 0 unspecified atom stereocenters. The number of benzene rings is 1. The van der Waals surface area contributed by atoms with Crippen molar-refractivity contribution < 1.29 is 0 Å². The van der Waals surface area contributed by atoms with Crippen molar-refractivity contribution >= 4 is 38.9 Å². The Morgan fingerprint density at radius 2 is 2.00 bits per heavy atom. The first kappa shape index (κ1) is 18.7. The fourth-order valence-corrected chi connectivity index (χ4v) is 3.84. The van der Waals surface area contributed by atoms with Crippen molar-refractivity contribution in [3.05, 3.63) is 28.2 Å². The summed E-state index contributed by atoms with van der Waals surface area (Å²) >= 11 is 8.88. The average molecular weight is 398 g/mol. The van der Waals surface area contributed by atoms with Crippen LogP contribution in [-0.2, 0) is 0 Å². The summed E-state index contributed by atoms with van der Waals surface area (Å²) in [5, 5.41) is 7.26. The lowest BCUT2D eigenvalue weighted by atomic mass is 9.92. The van der Waals surface area contributed by atoms with Gasteiger partial charge in [0.25, 0.3) is 0 Å². The van der Waals surface area contributed by atoms with E-state index in [2.05, 4.69) is 58.3 Å². The molecule has 3 nitrogen and oxygen atoms in total. The van der Waals surface area contributed by atoms with Gasteiger partial charge in [0, 0.05) is 29.8 Å². The maximum Gasteiger partial charge on any atom is 0.170 e. The van der Waals surface area contributed by atoms with Crippen molar-refractivity contribution in [2.24, 2.45) is 11.8 Å². The highest BCUT2D eigenvalue weighted by Crippen LogP contribution is 2.21. The predicted octanol–water partition coefficient (Wildman–Crippen LogP) is 4.41. The molecule has 1 aromatic rings. The van der Waals surface area contributed by atoms with Crippen LogP contribution in [0.2, 0.25) is 0 Å². The summed E-state index contributed by atoms with van der Waals surface area (Å²) in [7, 11) is 0. The molecular weight excluding hydrogens is 370 g/mol. The highest BCUT2D eigenvalue weighted by atomic mass is 79.9. The van der Waals surface area contributed by atoms with Crippen LogP contribution in [0.4, 0.5) is 5.69 Å². The largest absolute Gasteiger partial charge is 0.362 e.